The SMILES string of the molecule is Fc1ccc(Oc2ncccc2CCl)c(F)c1. The first-order chi connectivity index (χ1) is 8.20. The van der Waals surface area contributed by atoms with Crippen LogP contribution in [-0.4, -0.2) is 4.98 Å². The molecule has 0 N–H and O–H groups in total. The highest BCUT2D eigenvalue weighted by atomic mass is 35.5. The van der Waals surface area contributed by atoms with Crippen molar-refractivity contribution in [1.82, 2.24) is 4.98 Å². The van der Waals surface area contributed by atoms with Crippen LogP contribution in [0.2, 0.25) is 0 Å². The molecule has 5 heteroatoms. The third kappa shape index (κ3) is 2.71. The van der Waals surface area contributed by atoms with E-state index in [-0.39, 0.29) is 17.5 Å². The summed E-state index contributed by atoms with van der Waals surface area (Å²) >= 11 is 5.69. The quantitative estimate of drug-likeness (QED) is 0.776. The molecule has 0 spiro atoms. The second kappa shape index (κ2) is 5.10. The zero-order valence-corrected chi connectivity index (χ0v) is 9.42. The average Bonchev–Trinajstić information content (AvgIpc) is 2.33. The molecule has 0 aliphatic heterocycles. The summed E-state index contributed by atoms with van der Waals surface area (Å²) in [5.74, 6) is -1.11. The Morgan fingerprint density at radius 2 is 2.06 bits per heavy atom. The van der Waals surface area contributed by atoms with E-state index in [0.717, 1.165) is 12.1 Å². The third-order valence-electron chi connectivity index (χ3n) is 2.09. The van der Waals surface area contributed by atoms with Gasteiger partial charge in [-0.25, -0.2) is 13.8 Å². The van der Waals surface area contributed by atoms with Gasteiger partial charge in [-0.05, 0) is 18.2 Å². The molecule has 2 aromatic rings. The van der Waals surface area contributed by atoms with Gasteiger partial charge in [0.15, 0.2) is 11.6 Å². The van der Waals surface area contributed by atoms with E-state index >= 15 is 0 Å². The predicted octanol–water partition coefficient (Wildman–Crippen LogP) is 3.89. The Morgan fingerprint density at radius 1 is 1.24 bits per heavy atom. The molecule has 0 bridgehead atoms. The molecular weight excluding hydrogens is 248 g/mol. The zero-order valence-electron chi connectivity index (χ0n) is 8.66. The van der Waals surface area contributed by atoms with Crippen LogP contribution in [0.1, 0.15) is 5.56 Å². The van der Waals surface area contributed by atoms with Gasteiger partial charge < -0.3 is 4.74 Å². The minimum absolute atomic E-state index is 0.0866. The number of hydrogen-bond donors (Lipinski definition) is 0. The van der Waals surface area contributed by atoms with Gasteiger partial charge in [-0.15, -0.1) is 11.6 Å². The summed E-state index contributed by atoms with van der Waals surface area (Å²) in [7, 11) is 0. The maximum atomic E-state index is 13.3. The molecule has 0 fully saturated rings. The largest absolute Gasteiger partial charge is 0.436 e. The molecule has 17 heavy (non-hydrogen) atoms. The standard InChI is InChI=1S/C12H8ClF2NO/c13-7-8-2-1-5-16-12(8)17-11-4-3-9(14)6-10(11)15/h1-6H,7H2. The van der Waals surface area contributed by atoms with Gasteiger partial charge in [0.2, 0.25) is 5.88 Å². The number of aromatic nitrogens is 1. The Bertz CT molecular complexity index is 534. The first-order valence-corrected chi connectivity index (χ1v) is 5.37. The second-order valence-corrected chi connectivity index (χ2v) is 3.55. The van der Waals surface area contributed by atoms with Crippen molar-refractivity contribution in [3.8, 4) is 11.6 Å². The number of rotatable bonds is 3. The van der Waals surface area contributed by atoms with E-state index in [1.165, 1.54) is 12.3 Å². The van der Waals surface area contributed by atoms with E-state index in [0.29, 0.717) is 5.56 Å². The van der Waals surface area contributed by atoms with Gasteiger partial charge in [-0.1, -0.05) is 6.07 Å². The molecule has 1 aromatic heterocycles. The highest BCUT2D eigenvalue weighted by Gasteiger charge is 2.09. The van der Waals surface area contributed by atoms with E-state index in [4.69, 9.17) is 16.3 Å². The minimum Gasteiger partial charge on any atom is -0.436 e. The normalized spacial score (nSPS) is 10.3. The monoisotopic (exact) mass is 255 g/mol. The average molecular weight is 256 g/mol. The van der Waals surface area contributed by atoms with Crippen LogP contribution in [0.5, 0.6) is 11.6 Å². The molecule has 0 amide bonds. The van der Waals surface area contributed by atoms with Crippen LogP contribution in [-0.2, 0) is 5.88 Å². The summed E-state index contributed by atoms with van der Waals surface area (Å²) in [6.45, 7) is 0. The summed E-state index contributed by atoms with van der Waals surface area (Å²) in [5.41, 5.74) is 0.637. The fourth-order valence-electron chi connectivity index (χ4n) is 1.28. The maximum absolute atomic E-state index is 13.3. The molecular formula is C12H8ClF2NO. The van der Waals surface area contributed by atoms with Crippen molar-refractivity contribution < 1.29 is 13.5 Å². The number of ether oxygens (including phenoxy) is 1. The maximum Gasteiger partial charge on any atom is 0.223 e. The van der Waals surface area contributed by atoms with Crippen LogP contribution >= 0.6 is 11.6 Å². The van der Waals surface area contributed by atoms with Crippen molar-refractivity contribution in [2.75, 3.05) is 0 Å². The first kappa shape index (κ1) is 11.8. The molecule has 88 valence electrons. The smallest absolute Gasteiger partial charge is 0.223 e. The van der Waals surface area contributed by atoms with Gasteiger partial charge >= 0.3 is 0 Å². The summed E-state index contributed by atoms with van der Waals surface area (Å²) in [5, 5.41) is 0. The van der Waals surface area contributed by atoms with Crippen molar-refractivity contribution in [3.05, 3.63) is 53.7 Å². The van der Waals surface area contributed by atoms with E-state index in [1.807, 2.05) is 0 Å². The van der Waals surface area contributed by atoms with E-state index in [1.54, 1.807) is 12.1 Å². The molecule has 0 aliphatic rings. The van der Waals surface area contributed by atoms with Crippen LogP contribution in [0.15, 0.2) is 36.5 Å². The van der Waals surface area contributed by atoms with Crippen molar-refractivity contribution in [2.24, 2.45) is 0 Å². The van der Waals surface area contributed by atoms with E-state index in [2.05, 4.69) is 4.98 Å². The zero-order chi connectivity index (χ0) is 12.3. The molecule has 2 rings (SSSR count). The Balaban J connectivity index is 2.31. The fourth-order valence-corrected chi connectivity index (χ4v) is 1.48. The van der Waals surface area contributed by atoms with Gasteiger partial charge in [0.1, 0.15) is 5.82 Å². The van der Waals surface area contributed by atoms with Gasteiger partial charge in [-0.3, -0.25) is 0 Å². The molecule has 0 aliphatic carbocycles. The number of halogens is 3. The molecule has 0 atom stereocenters. The lowest BCUT2D eigenvalue weighted by molar-refractivity contribution is 0.420. The van der Waals surface area contributed by atoms with E-state index < -0.39 is 11.6 Å². The lowest BCUT2D eigenvalue weighted by Gasteiger charge is -2.08. The summed E-state index contributed by atoms with van der Waals surface area (Å²) in [6, 6.07) is 6.49. The molecule has 0 unspecified atom stereocenters. The minimum atomic E-state index is -0.781. The predicted molar refractivity (Wildman–Crippen MR) is 60.2 cm³/mol. The molecule has 1 aromatic carbocycles. The number of pyridine rings is 1. The molecule has 1 heterocycles. The molecule has 0 saturated heterocycles. The van der Waals surface area contributed by atoms with Gasteiger partial charge in [-0.2, -0.15) is 0 Å². The second-order valence-electron chi connectivity index (χ2n) is 3.28. The lowest BCUT2D eigenvalue weighted by atomic mass is 10.3. The Labute approximate surface area is 102 Å². The fraction of sp³-hybridized carbons (Fsp3) is 0.0833. The Hall–Kier alpha value is -1.68. The lowest BCUT2D eigenvalue weighted by Crippen LogP contribution is -1.95. The molecule has 0 radical (unpaired) electrons. The number of nitrogens with zero attached hydrogens (tertiary/aromatic N) is 1. The van der Waals surface area contributed by atoms with Crippen LogP contribution in [0.4, 0.5) is 8.78 Å². The number of benzene rings is 1. The van der Waals surface area contributed by atoms with Gasteiger partial charge in [0, 0.05) is 17.8 Å². The summed E-state index contributed by atoms with van der Waals surface area (Å²) in [4.78, 5) is 3.94. The highest BCUT2D eigenvalue weighted by Crippen LogP contribution is 2.26. The Kier molecular flexibility index (Phi) is 3.54. The number of hydrogen-bond acceptors (Lipinski definition) is 2. The van der Waals surface area contributed by atoms with Crippen LogP contribution in [0.25, 0.3) is 0 Å². The molecule has 2 nitrogen and oxygen atoms in total. The van der Waals surface area contributed by atoms with Crippen LogP contribution in [0.3, 0.4) is 0 Å². The van der Waals surface area contributed by atoms with Crippen molar-refractivity contribution >= 4 is 11.6 Å². The van der Waals surface area contributed by atoms with Crippen molar-refractivity contribution in [1.29, 1.82) is 0 Å². The summed E-state index contributed by atoms with van der Waals surface area (Å²) < 4.78 is 31.3. The van der Waals surface area contributed by atoms with Crippen molar-refractivity contribution in [2.45, 2.75) is 5.88 Å². The van der Waals surface area contributed by atoms with Crippen molar-refractivity contribution in [3.63, 3.8) is 0 Å². The Morgan fingerprint density at radius 3 is 2.76 bits per heavy atom. The van der Waals surface area contributed by atoms with Gasteiger partial charge in [0.05, 0.1) is 5.88 Å². The van der Waals surface area contributed by atoms with Crippen LogP contribution in [0, 0.1) is 11.6 Å². The van der Waals surface area contributed by atoms with E-state index in [9.17, 15) is 8.78 Å². The summed E-state index contributed by atoms with van der Waals surface area (Å²) in [6.07, 6.45) is 1.51. The van der Waals surface area contributed by atoms with Crippen LogP contribution < -0.4 is 4.74 Å². The topological polar surface area (TPSA) is 22.1 Å². The first-order valence-electron chi connectivity index (χ1n) is 4.83. The molecule has 0 saturated carbocycles. The highest BCUT2D eigenvalue weighted by molar-refractivity contribution is 6.17. The number of alkyl halides is 1. The van der Waals surface area contributed by atoms with Gasteiger partial charge in [0.25, 0.3) is 0 Å². The third-order valence-corrected chi connectivity index (χ3v) is 2.38.